The van der Waals surface area contributed by atoms with Crippen LogP contribution in [-0.4, -0.2) is 12.1 Å². The van der Waals surface area contributed by atoms with Gasteiger partial charge in [-0.2, -0.15) is 0 Å². The number of carbonyl (C=O) groups excluding carboxylic acids is 1. The monoisotopic (exact) mass is 176 g/mol. The van der Waals surface area contributed by atoms with Crippen molar-refractivity contribution in [3.63, 3.8) is 0 Å². The van der Waals surface area contributed by atoms with E-state index in [9.17, 15) is 4.79 Å². The van der Waals surface area contributed by atoms with E-state index >= 15 is 0 Å². The first-order valence-corrected chi connectivity index (χ1v) is 4.24. The van der Waals surface area contributed by atoms with Gasteiger partial charge in [-0.05, 0) is 12.5 Å². The van der Waals surface area contributed by atoms with E-state index in [2.05, 4.69) is 5.32 Å². The van der Waals surface area contributed by atoms with Crippen molar-refractivity contribution in [2.45, 2.75) is 19.1 Å². The fourth-order valence-electron chi connectivity index (χ4n) is 1.46. The van der Waals surface area contributed by atoms with Crippen LogP contribution in [0.3, 0.4) is 0 Å². The average molecular weight is 176 g/mol. The lowest BCUT2D eigenvalue weighted by molar-refractivity contribution is 0.134. The molecule has 2 rings (SSSR count). The number of rotatable bonds is 1. The first-order valence-electron chi connectivity index (χ1n) is 4.24. The standard InChI is InChI=1S/C10H10NO2/c1-7-9(13-10(12)11-7)8-5-3-2-4-6-8/h2-7,9H,1H3/t7-,9-/m0/s1. The Kier molecular flexibility index (Phi) is 1.93. The van der Waals surface area contributed by atoms with Gasteiger partial charge in [0.2, 0.25) is 0 Å². The highest BCUT2D eigenvalue weighted by Crippen LogP contribution is 2.26. The molecule has 0 aromatic heterocycles. The number of cyclic esters (lactones) is 1. The normalized spacial score (nSPS) is 26.7. The molecule has 1 heterocycles. The Labute approximate surface area is 76.7 Å². The predicted octanol–water partition coefficient (Wildman–Crippen LogP) is 1.87. The maximum atomic E-state index is 10.8. The quantitative estimate of drug-likeness (QED) is 0.655. The molecule has 0 unspecified atom stereocenters. The molecule has 1 radical (unpaired) electrons. The van der Waals surface area contributed by atoms with Crippen molar-refractivity contribution in [1.29, 1.82) is 0 Å². The molecule has 1 aromatic rings. The SMILES string of the molecule is C[C@@H]1[N]C(=O)O[C@@H]1c1ccccc1. The zero-order chi connectivity index (χ0) is 9.26. The molecular weight excluding hydrogens is 166 g/mol. The summed E-state index contributed by atoms with van der Waals surface area (Å²) < 4.78 is 5.05. The van der Waals surface area contributed by atoms with Crippen molar-refractivity contribution < 1.29 is 9.53 Å². The van der Waals surface area contributed by atoms with Crippen LogP contribution in [0.2, 0.25) is 0 Å². The van der Waals surface area contributed by atoms with E-state index in [1.807, 2.05) is 37.3 Å². The van der Waals surface area contributed by atoms with Crippen LogP contribution in [0.5, 0.6) is 0 Å². The number of hydrogen-bond acceptors (Lipinski definition) is 2. The van der Waals surface area contributed by atoms with Gasteiger partial charge in [-0.15, -0.1) is 0 Å². The third-order valence-corrected chi connectivity index (χ3v) is 2.10. The summed E-state index contributed by atoms with van der Waals surface area (Å²) in [4.78, 5) is 10.8. The lowest BCUT2D eigenvalue weighted by atomic mass is 10.0. The summed E-state index contributed by atoms with van der Waals surface area (Å²) in [5, 5.41) is 3.79. The van der Waals surface area contributed by atoms with Gasteiger partial charge in [-0.1, -0.05) is 30.3 Å². The topological polar surface area (TPSA) is 40.4 Å². The first kappa shape index (κ1) is 8.10. The zero-order valence-electron chi connectivity index (χ0n) is 7.31. The van der Waals surface area contributed by atoms with E-state index in [1.165, 1.54) is 0 Å². The molecule has 67 valence electrons. The van der Waals surface area contributed by atoms with Crippen LogP contribution >= 0.6 is 0 Å². The van der Waals surface area contributed by atoms with Gasteiger partial charge in [0, 0.05) is 0 Å². The van der Waals surface area contributed by atoms with E-state index in [1.54, 1.807) is 0 Å². The molecule has 3 nitrogen and oxygen atoms in total. The molecule has 2 atom stereocenters. The Balaban J connectivity index is 2.23. The summed E-state index contributed by atoms with van der Waals surface area (Å²) in [6.07, 6.45) is -0.657. The minimum Gasteiger partial charge on any atom is -0.438 e. The highest BCUT2D eigenvalue weighted by Gasteiger charge is 2.33. The third-order valence-electron chi connectivity index (χ3n) is 2.10. The number of ether oxygens (including phenoxy) is 1. The van der Waals surface area contributed by atoms with Crippen molar-refractivity contribution in [2.75, 3.05) is 0 Å². The maximum absolute atomic E-state index is 10.8. The molecule has 1 aliphatic rings. The van der Waals surface area contributed by atoms with E-state index < -0.39 is 6.09 Å². The molecule has 1 aliphatic heterocycles. The van der Waals surface area contributed by atoms with Gasteiger partial charge in [-0.25, -0.2) is 10.1 Å². The molecule has 1 aromatic carbocycles. The highest BCUT2D eigenvalue weighted by molar-refractivity contribution is 5.70. The summed E-state index contributed by atoms with van der Waals surface area (Å²) >= 11 is 0. The zero-order valence-corrected chi connectivity index (χ0v) is 7.31. The summed E-state index contributed by atoms with van der Waals surface area (Å²) in [6.45, 7) is 1.88. The van der Waals surface area contributed by atoms with Crippen molar-refractivity contribution in [3.05, 3.63) is 35.9 Å². The molecule has 0 N–H and O–H groups in total. The van der Waals surface area contributed by atoms with E-state index in [0.717, 1.165) is 5.56 Å². The summed E-state index contributed by atoms with van der Waals surface area (Å²) in [6, 6.07) is 9.59. The summed E-state index contributed by atoms with van der Waals surface area (Å²) in [5.74, 6) is 0. The first-order chi connectivity index (χ1) is 6.27. The Bertz CT molecular complexity index is 310. The van der Waals surface area contributed by atoms with E-state index in [4.69, 9.17) is 4.74 Å². The van der Waals surface area contributed by atoms with Crippen molar-refractivity contribution in [2.24, 2.45) is 0 Å². The Hall–Kier alpha value is -1.51. The summed E-state index contributed by atoms with van der Waals surface area (Å²) in [5.41, 5.74) is 1.00. The average Bonchev–Trinajstić information content (AvgIpc) is 2.47. The van der Waals surface area contributed by atoms with Gasteiger partial charge < -0.3 is 4.74 Å². The smallest absolute Gasteiger partial charge is 0.430 e. The Morgan fingerprint density at radius 2 is 2.00 bits per heavy atom. The van der Waals surface area contributed by atoms with Crippen LogP contribution in [-0.2, 0) is 4.74 Å². The number of amides is 1. The van der Waals surface area contributed by atoms with Gasteiger partial charge in [0.1, 0.15) is 0 Å². The van der Waals surface area contributed by atoms with Crippen LogP contribution in [0.4, 0.5) is 4.79 Å². The van der Waals surface area contributed by atoms with Crippen molar-refractivity contribution in [1.82, 2.24) is 5.32 Å². The number of hydrogen-bond donors (Lipinski definition) is 0. The fourth-order valence-corrected chi connectivity index (χ4v) is 1.46. The summed E-state index contributed by atoms with van der Waals surface area (Å²) in [7, 11) is 0. The van der Waals surface area contributed by atoms with Gasteiger partial charge in [0.05, 0.1) is 6.04 Å². The molecule has 1 amide bonds. The second-order valence-corrected chi connectivity index (χ2v) is 3.08. The molecule has 1 saturated heterocycles. The minimum atomic E-state index is -0.457. The number of carbonyl (C=O) groups is 1. The Morgan fingerprint density at radius 3 is 2.54 bits per heavy atom. The van der Waals surface area contributed by atoms with E-state index in [0.29, 0.717) is 0 Å². The van der Waals surface area contributed by atoms with Gasteiger partial charge >= 0.3 is 6.09 Å². The van der Waals surface area contributed by atoms with Crippen LogP contribution in [0, 0.1) is 0 Å². The molecular formula is C10H10NO2. The maximum Gasteiger partial charge on any atom is 0.430 e. The lowest BCUT2D eigenvalue weighted by Crippen LogP contribution is -2.16. The Morgan fingerprint density at radius 1 is 1.31 bits per heavy atom. The molecule has 0 aliphatic carbocycles. The van der Waals surface area contributed by atoms with Crippen molar-refractivity contribution >= 4 is 6.09 Å². The largest absolute Gasteiger partial charge is 0.438 e. The molecule has 0 spiro atoms. The molecule has 1 fully saturated rings. The third kappa shape index (κ3) is 1.49. The number of benzene rings is 1. The van der Waals surface area contributed by atoms with Crippen LogP contribution in [0.1, 0.15) is 18.6 Å². The lowest BCUT2D eigenvalue weighted by Gasteiger charge is -2.11. The van der Waals surface area contributed by atoms with Gasteiger partial charge in [0.25, 0.3) is 0 Å². The van der Waals surface area contributed by atoms with Gasteiger partial charge in [-0.3, -0.25) is 0 Å². The molecule has 13 heavy (non-hydrogen) atoms. The van der Waals surface area contributed by atoms with Gasteiger partial charge in [0.15, 0.2) is 6.10 Å². The second kappa shape index (κ2) is 3.09. The molecule has 0 saturated carbocycles. The fraction of sp³-hybridized carbons (Fsp3) is 0.300. The second-order valence-electron chi connectivity index (χ2n) is 3.08. The minimum absolute atomic E-state index is 0.0742. The van der Waals surface area contributed by atoms with Crippen molar-refractivity contribution in [3.8, 4) is 0 Å². The van der Waals surface area contributed by atoms with Crippen LogP contribution < -0.4 is 5.32 Å². The predicted molar refractivity (Wildman–Crippen MR) is 47.3 cm³/mol. The van der Waals surface area contributed by atoms with Crippen LogP contribution in [0.15, 0.2) is 30.3 Å². The molecule has 3 heteroatoms. The highest BCUT2D eigenvalue weighted by atomic mass is 16.6. The van der Waals surface area contributed by atoms with Crippen LogP contribution in [0.25, 0.3) is 0 Å². The molecule has 0 bridgehead atoms. The number of nitrogens with zero attached hydrogens (tertiary/aromatic N) is 1. The van der Waals surface area contributed by atoms with E-state index in [-0.39, 0.29) is 12.1 Å².